The number of carboxylic acids is 2. The highest BCUT2D eigenvalue weighted by Crippen LogP contribution is 2.33. The molecule has 0 saturated heterocycles. The Hall–Kier alpha value is -2.46. The number of amides is 4. The van der Waals surface area contributed by atoms with E-state index in [0.717, 1.165) is 70.9 Å². The van der Waals surface area contributed by atoms with Gasteiger partial charge in [0, 0.05) is 45.1 Å². The quantitative estimate of drug-likeness (QED) is 0.0267. The lowest BCUT2D eigenvalue weighted by Gasteiger charge is -2.18. The number of hydrogen-bond acceptors (Lipinski definition) is 12. The van der Waals surface area contributed by atoms with Crippen LogP contribution in [0.3, 0.4) is 0 Å². The molecule has 0 aliphatic heterocycles. The molecule has 4 atom stereocenters. The van der Waals surface area contributed by atoms with E-state index in [0.29, 0.717) is 90.4 Å². The Balaban J connectivity index is 1.87. The number of carbonyl (C=O) groups is 6. The van der Waals surface area contributed by atoms with Gasteiger partial charge >= 0.3 is 11.9 Å². The SMILES string of the molecule is O=C(O)CCCCCCCCCCCCCCCCCNC(CCCCNC1CC1CCOCCOCCNC(=O)CCOCCOCCNC(=O)C(CCCNC(=O)CBr)NC(=O)CBr)C(=O)O. The number of halogens is 2. The van der Waals surface area contributed by atoms with E-state index >= 15 is 0 Å². The normalized spacial score (nSPS) is 15.0. The van der Waals surface area contributed by atoms with Gasteiger partial charge in [-0.15, -0.1) is 0 Å². The van der Waals surface area contributed by atoms with Crippen LogP contribution in [-0.4, -0.2) is 160 Å². The molecule has 4 unspecified atom stereocenters. The summed E-state index contributed by atoms with van der Waals surface area (Å²) < 4.78 is 22.3. The van der Waals surface area contributed by atoms with E-state index < -0.39 is 24.0 Å². The molecule has 1 aliphatic rings. The molecule has 0 bridgehead atoms. The van der Waals surface area contributed by atoms with Crippen molar-refractivity contribution in [3.05, 3.63) is 0 Å². The summed E-state index contributed by atoms with van der Waals surface area (Å²) >= 11 is 6.16. The molecule has 1 rings (SSSR count). The molecule has 0 spiro atoms. The standard InChI is InChI=1S/C49H90Br2N6O12/c50-38-45(59)54-26-18-20-41(57-46(60)39-51)48(63)56-28-32-69-36-34-67-30-23-44(58)55-27-31-68-35-33-66-29-22-40-37-43(40)53-25-17-15-19-42(49(64)65)52-24-16-13-11-9-7-5-3-1-2-4-6-8-10-12-14-21-47(61)62/h40-43,52-53H,1-39H2,(H,54,59)(H,55,58)(H,56,63)(H,57,60)(H,61,62)(H,64,65). The van der Waals surface area contributed by atoms with Gasteiger partial charge in [0.1, 0.15) is 12.1 Å². The lowest BCUT2D eigenvalue weighted by Crippen LogP contribution is -2.48. The highest BCUT2D eigenvalue weighted by molar-refractivity contribution is 9.09. The summed E-state index contributed by atoms with van der Waals surface area (Å²) in [6, 6.07) is -0.684. The maximum Gasteiger partial charge on any atom is 0.320 e. The molecular formula is C49H90Br2N6O12. The first-order chi connectivity index (χ1) is 33.6. The first kappa shape index (κ1) is 64.6. The third-order valence-electron chi connectivity index (χ3n) is 11.9. The van der Waals surface area contributed by atoms with Crippen LogP contribution in [0.25, 0.3) is 0 Å². The predicted molar refractivity (Wildman–Crippen MR) is 275 cm³/mol. The molecular weight excluding hydrogens is 1020 g/mol. The van der Waals surface area contributed by atoms with Crippen molar-refractivity contribution in [1.29, 1.82) is 0 Å². The van der Waals surface area contributed by atoms with Gasteiger partial charge in [0.25, 0.3) is 0 Å². The first-order valence-corrected chi connectivity index (χ1v) is 28.3. The number of rotatable bonds is 52. The molecule has 4 amide bonds. The van der Waals surface area contributed by atoms with E-state index in [2.05, 4.69) is 63.8 Å². The number of ether oxygens (including phenoxy) is 4. The topological polar surface area (TPSA) is 252 Å². The largest absolute Gasteiger partial charge is 0.481 e. The second-order valence-electron chi connectivity index (χ2n) is 17.9. The summed E-state index contributed by atoms with van der Waals surface area (Å²) in [7, 11) is 0. The van der Waals surface area contributed by atoms with Crippen LogP contribution in [0.15, 0.2) is 0 Å². The van der Waals surface area contributed by atoms with Gasteiger partial charge in [-0.1, -0.05) is 122 Å². The van der Waals surface area contributed by atoms with E-state index in [1.54, 1.807) is 0 Å². The molecule has 8 N–H and O–H groups in total. The predicted octanol–water partition coefficient (Wildman–Crippen LogP) is 5.75. The van der Waals surface area contributed by atoms with Gasteiger partial charge in [-0.2, -0.15) is 0 Å². The zero-order chi connectivity index (χ0) is 50.4. The van der Waals surface area contributed by atoms with Crippen molar-refractivity contribution in [2.75, 3.05) is 96.2 Å². The van der Waals surface area contributed by atoms with Gasteiger partial charge in [-0.25, -0.2) is 0 Å². The van der Waals surface area contributed by atoms with Crippen LogP contribution < -0.4 is 31.9 Å². The Kier molecular flexibility index (Phi) is 43.6. The number of nitrogens with one attached hydrogen (secondary N) is 6. The van der Waals surface area contributed by atoms with Gasteiger partial charge < -0.3 is 61.1 Å². The zero-order valence-corrected chi connectivity index (χ0v) is 44.8. The molecule has 1 aliphatic carbocycles. The molecule has 1 saturated carbocycles. The molecule has 0 aromatic heterocycles. The van der Waals surface area contributed by atoms with E-state index in [1.807, 2.05) is 0 Å². The molecule has 402 valence electrons. The maximum absolute atomic E-state index is 12.6. The van der Waals surface area contributed by atoms with E-state index in [9.17, 15) is 33.9 Å². The smallest absolute Gasteiger partial charge is 0.320 e. The zero-order valence-electron chi connectivity index (χ0n) is 41.6. The fourth-order valence-corrected chi connectivity index (χ4v) is 8.07. The lowest BCUT2D eigenvalue weighted by atomic mass is 10.0. The Morgan fingerprint density at radius 1 is 0.478 bits per heavy atom. The third-order valence-corrected chi connectivity index (χ3v) is 12.9. The third kappa shape index (κ3) is 41.8. The number of hydrogen-bond donors (Lipinski definition) is 8. The lowest BCUT2D eigenvalue weighted by molar-refractivity contribution is -0.140. The first-order valence-electron chi connectivity index (χ1n) is 26.0. The summed E-state index contributed by atoms with van der Waals surface area (Å²) in [4.78, 5) is 70.1. The summed E-state index contributed by atoms with van der Waals surface area (Å²) in [6.45, 7) is 5.84. The molecule has 0 aromatic rings. The van der Waals surface area contributed by atoms with Crippen LogP contribution in [0.2, 0.25) is 0 Å². The van der Waals surface area contributed by atoms with Crippen LogP contribution in [-0.2, 0) is 47.7 Å². The van der Waals surface area contributed by atoms with Gasteiger partial charge in [0.2, 0.25) is 23.6 Å². The van der Waals surface area contributed by atoms with Crippen LogP contribution in [0.5, 0.6) is 0 Å². The number of carbonyl (C=O) groups excluding carboxylic acids is 4. The molecule has 0 radical (unpaired) electrons. The fraction of sp³-hybridized carbons (Fsp3) is 0.878. The van der Waals surface area contributed by atoms with Gasteiger partial charge in [-0.3, -0.25) is 28.8 Å². The Bertz CT molecular complexity index is 1340. The van der Waals surface area contributed by atoms with Crippen molar-refractivity contribution in [2.45, 2.75) is 172 Å². The van der Waals surface area contributed by atoms with E-state index in [1.165, 1.54) is 64.2 Å². The molecule has 1 fully saturated rings. The highest BCUT2D eigenvalue weighted by Gasteiger charge is 2.35. The maximum atomic E-state index is 12.6. The van der Waals surface area contributed by atoms with Crippen molar-refractivity contribution in [3.8, 4) is 0 Å². The average molecular weight is 1120 g/mol. The Labute approximate surface area is 429 Å². The van der Waals surface area contributed by atoms with Crippen molar-refractivity contribution in [3.63, 3.8) is 0 Å². The summed E-state index contributed by atoms with van der Waals surface area (Å²) in [6.07, 6.45) is 23.9. The van der Waals surface area contributed by atoms with Crippen molar-refractivity contribution in [1.82, 2.24) is 31.9 Å². The Morgan fingerprint density at radius 3 is 1.57 bits per heavy atom. The molecule has 0 heterocycles. The molecule has 69 heavy (non-hydrogen) atoms. The van der Waals surface area contributed by atoms with Crippen LogP contribution >= 0.6 is 31.9 Å². The van der Waals surface area contributed by atoms with Gasteiger partial charge in [0.15, 0.2) is 0 Å². The minimum Gasteiger partial charge on any atom is -0.481 e. The highest BCUT2D eigenvalue weighted by atomic mass is 79.9. The number of aliphatic carboxylic acids is 2. The summed E-state index contributed by atoms with van der Waals surface area (Å²) in [5.74, 6) is -1.75. The van der Waals surface area contributed by atoms with E-state index in [-0.39, 0.29) is 60.5 Å². The Morgan fingerprint density at radius 2 is 0.986 bits per heavy atom. The van der Waals surface area contributed by atoms with Gasteiger partial charge in [0.05, 0.1) is 56.9 Å². The van der Waals surface area contributed by atoms with Crippen LogP contribution in [0.1, 0.15) is 154 Å². The fourth-order valence-electron chi connectivity index (χ4n) is 7.71. The summed E-state index contributed by atoms with van der Waals surface area (Å²) in [5, 5.41) is 36.4. The van der Waals surface area contributed by atoms with Gasteiger partial charge in [-0.05, 0) is 70.4 Å². The van der Waals surface area contributed by atoms with Crippen LogP contribution in [0.4, 0.5) is 0 Å². The van der Waals surface area contributed by atoms with Crippen molar-refractivity contribution >= 4 is 67.4 Å². The monoisotopic (exact) mass is 1110 g/mol. The second kappa shape index (κ2) is 46.6. The number of carboxylic acid groups (broad SMARTS) is 2. The second-order valence-corrected chi connectivity index (χ2v) is 19.0. The van der Waals surface area contributed by atoms with Crippen LogP contribution in [0, 0.1) is 5.92 Å². The number of alkyl halides is 2. The molecule has 0 aromatic carbocycles. The molecule has 18 nitrogen and oxygen atoms in total. The average Bonchev–Trinajstić information content (AvgIpc) is 4.09. The number of unbranched alkanes of at least 4 members (excludes halogenated alkanes) is 15. The summed E-state index contributed by atoms with van der Waals surface area (Å²) in [5.41, 5.74) is 0. The van der Waals surface area contributed by atoms with Crippen molar-refractivity contribution < 1.29 is 57.9 Å². The minimum absolute atomic E-state index is 0.0752. The van der Waals surface area contributed by atoms with Crippen molar-refractivity contribution in [2.24, 2.45) is 5.92 Å². The minimum atomic E-state index is -0.759. The molecule has 20 heteroatoms. The van der Waals surface area contributed by atoms with E-state index in [4.69, 9.17) is 24.1 Å².